The first-order valence-corrected chi connectivity index (χ1v) is 12.6. The van der Waals surface area contributed by atoms with Crippen LogP contribution in [0.25, 0.3) is 0 Å². The van der Waals surface area contributed by atoms with Crippen LogP contribution in [-0.2, 0) is 14.3 Å². The molecule has 3 rings (SSSR count). The van der Waals surface area contributed by atoms with Crippen molar-refractivity contribution >= 4 is 17.9 Å². The maximum absolute atomic E-state index is 13.3. The minimum Gasteiger partial charge on any atom is -0.463 e. The predicted octanol–water partition coefficient (Wildman–Crippen LogP) is 3.40. The van der Waals surface area contributed by atoms with Crippen molar-refractivity contribution in [2.75, 3.05) is 39.8 Å². The average Bonchev–Trinajstić information content (AvgIpc) is 2.78. The molecule has 1 saturated heterocycles. The number of rotatable bonds is 7. The van der Waals surface area contributed by atoms with Gasteiger partial charge in [-0.15, -0.1) is 0 Å². The van der Waals surface area contributed by atoms with E-state index in [4.69, 9.17) is 4.74 Å². The summed E-state index contributed by atoms with van der Waals surface area (Å²) >= 11 is 0. The average molecular weight is 485 g/mol. The van der Waals surface area contributed by atoms with Crippen molar-refractivity contribution < 1.29 is 19.1 Å². The Morgan fingerprint density at radius 2 is 1.91 bits per heavy atom. The van der Waals surface area contributed by atoms with Crippen LogP contribution in [0, 0.1) is 19.8 Å². The fourth-order valence-electron chi connectivity index (χ4n) is 4.93. The smallest absolute Gasteiger partial charge is 0.338 e. The highest BCUT2D eigenvalue weighted by Gasteiger charge is 2.39. The summed E-state index contributed by atoms with van der Waals surface area (Å²) in [6.45, 7) is 14.6. The van der Waals surface area contributed by atoms with E-state index in [2.05, 4.69) is 31.0 Å². The molecule has 0 saturated carbocycles. The van der Waals surface area contributed by atoms with Crippen LogP contribution >= 0.6 is 0 Å². The van der Waals surface area contributed by atoms with Crippen LogP contribution in [0.4, 0.5) is 4.79 Å². The molecule has 35 heavy (non-hydrogen) atoms. The Morgan fingerprint density at radius 1 is 1.20 bits per heavy atom. The van der Waals surface area contributed by atoms with Gasteiger partial charge < -0.3 is 15.0 Å². The van der Waals surface area contributed by atoms with E-state index in [1.807, 2.05) is 36.9 Å². The largest absolute Gasteiger partial charge is 0.463 e. The molecule has 1 N–H and O–H groups in total. The highest BCUT2D eigenvalue weighted by Crippen LogP contribution is 2.33. The van der Waals surface area contributed by atoms with Crippen LogP contribution < -0.4 is 5.32 Å². The molecule has 2 aliphatic heterocycles. The number of ether oxygens (including phenoxy) is 1. The quantitative estimate of drug-likeness (QED) is 0.600. The molecule has 1 fully saturated rings. The van der Waals surface area contributed by atoms with Crippen molar-refractivity contribution in [3.05, 3.63) is 46.2 Å². The van der Waals surface area contributed by atoms with Gasteiger partial charge in [0.05, 0.1) is 18.2 Å². The topological polar surface area (TPSA) is 82.2 Å². The number of carbonyl (C=O) groups is 3. The molecule has 2 unspecified atom stereocenters. The third-order valence-electron chi connectivity index (χ3n) is 6.81. The molecule has 0 aromatic heterocycles. The summed E-state index contributed by atoms with van der Waals surface area (Å²) in [6, 6.07) is 5.26. The van der Waals surface area contributed by atoms with Crippen molar-refractivity contribution in [3.63, 3.8) is 0 Å². The Hall–Kier alpha value is -2.87. The molecule has 192 valence electrons. The van der Waals surface area contributed by atoms with Crippen LogP contribution in [0.2, 0.25) is 0 Å². The molecule has 3 amide bonds. The number of urea groups is 1. The molecule has 2 atom stereocenters. The molecule has 8 heteroatoms. The number of benzene rings is 1. The summed E-state index contributed by atoms with van der Waals surface area (Å²) < 4.78 is 5.47. The third kappa shape index (κ3) is 6.04. The number of likely N-dealkylation sites (N-methyl/N-ethyl adjacent to an activating group) is 1. The second-order valence-corrected chi connectivity index (χ2v) is 10.2. The van der Waals surface area contributed by atoms with Crippen molar-refractivity contribution in [3.8, 4) is 0 Å². The minimum atomic E-state index is -0.584. The van der Waals surface area contributed by atoms with Gasteiger partial charge in [0.2, 0.25) is 5.91 Å². The predicted molar refractivity (Wildman–Crippen MR) is 136 cm³/mol. The first-order valence-electron chi connectivity index (χ1n) is 12.6. The van der Waals surface area contributed by atoms with Gasteiger partial charge in [0, 0.05) is 51.4 Å². The molecule has 1 aromatic rings. The van der Waals surface area contributed by atoms with E-state index in [9.17, 15) is 14.4 Å². The van der Waals surface area contributed by atoms with Crippen LogP contribution in [0.15, 0.2) is 29.5 Å². The maximum Gasteiger partial charge on any atom is 0.338 e. The number of piperazine rings is 1. The van der Waals surface area contributed by atoms with E-state index in [0.717, 1.165) is 16.7 Å². The highest BCUT2D eigenvalue weighted by molar-refractivity contribution is 5.95. The molecular weight excluding hydrogens is 444 g/mol. The summed E-state index contributed by atoms with van der Waals surface area (Å²) in [6.07, 6.45) is 0.545. The zero-order chi connectivity index (χ0) is 25.9. The van der Waals surface area contributed by atoms with Gasteiger partial charge in [0.1, 0.15) is 0 Å². The van der Waals surface area contributed by atoms with E-state index < -0.39 is 12.0 Å². The lowest BCUT2D eigenvalue weighted by atomic mass is 9.90. The normalized spacial score (nSPS) is 21.4. The first-order chi connectivity index (χ1) is 16.5. The molecule has 2 aliphatic rings. The fraction of sp³-hybridized carbons (Fsp3) is 0.593. The Morgan fingerprint density at radius 3 is 2.54 bits per heavy atom. The molecule has 8 nitrogen and oxygen atoms in total. The number of esters is 1. The minimum absolute atomic E-state index is 0.0548. The van der Waals surface area contributed by atoms with Gasteiger partial charge in [-0.1, -0.05) is 37.6 Å². The van der Waals surface area contributed by atoms with Crippen molar-refractivity contribution in [2.24, 2.45) is 5.92 Å². The second-order valence-electron chi connectivity index (χ2n) is 10.2. The lowest BCUT2D eigenvalue weighted by Crippen LogP contribution is -2.56. The van der Waals surface area contributed by atoms with Gasteiger partial charge in [-0.3, -0.25) is 14.6 Å². The fourth-order valence-corrected chi connectivity index (χ4v) is 4.93. The lowest BCUT2D eigenvalue weighted by Gasteiger charge is -2.42. The Balaban J connectivity index is 1.94. The Kier molecular flexibility index (Phi) is 8.59. The molecule has 0 aliphatic carbocycles. The highest BCUT2D eigenvalue weighted by atomic mass is 16.5. The van der Waals surface area contributed by atoms with E-state index in [1.165, 1.54) is 4.90 Å². The number of amides is 3. The van der Waals surface area contributed by atoms with Gasteiger partial charge >= 0.3 is 12.0 Å². The standard InChI is InChI=1S/C27H40N4O4/c1-8-35-26(33)24-22(16-30-11-12-31(20(6)15-30)23(32)13-17(2)3)29(7)27(34)28-25(24)21-14-18(4)9-10-19(21)5/h9-10,14,17,20,25H,8,11-13,15-16H2,1-7H3,(H,28,34). The van der Waals surface area contributed by atoms with Gasteiger partial charge in [-0.25, -0.2) is 9.59 Å². The van der Waals surface area contributed by atoms with E-state index >= 15 is 0 Å². The van der Waals surface area contributed by atoms with E-state index in [-0.39, 0.29) is 24.6 Å². The zero-order valence-electron chi connectivity index (χ0n) is 22.2. The van der Waals surface area contributed by atoms with Crippen LogP contribution in [0.3, 0.4) is 0 Å². The molecule has 2 heterocycles. The Bertz CT molecular complexity index is 1000. The molecule has 0 bridgehead atoms. The Labute approximate surface area is 209 Å². The number of nitrogens with zero attached hydrogens (tertiary/aromatic N) is 3. The molecular formula is C27H40N4O4. The van der Waals surface area contributed by atoms with Crippen LogP contribution in [0.5, 0.6) is 0 Å². The summed E-state index contributed by atoms with van der Waals surface area (Å²) in [5.41, 5.74) is 4.06. The van der Waals surface area contributed by atoms with Gasteiger partial charge in [-0.05, 0) is 44.7 Å². The van der Waals surface area contributed by atoms with E-state index in [0.29, 0.717) is 49.8 Å². The summed E-state index contributed by atoms with van der Waals surface area (Å²) in [5.74, 6) is 0.0863. The van der Waals surface area contributed by atoms with E-state index in [1.54, 1.807) is 14.0 Å². The van der Waals surface area contributed by atoms with Crippen LogP contribution in [-0.4, -0.2) is 78.5 Å². The van der Waals surface area contributed by atoms with Gasteiger partial charge in [-0.2, -0.15) is 0 Å². The number of hydrogen-bond donors (Lipinski definition) is 1. The summed E-state index contributed by atoms with van der Waals surface area (Å²) in [7, 11) is 1.69. The first kappa shape index (κ1) is 26.7. The number of hydrogen-bond acceptors (Lipinski definition) is 5. The third-order valence-corrected chi connectivity index (χ3v) is 6.81. The van der Waals surface area contributed by atoms with Crippen molar-refractivity contribution in [1.82, 2.24) is 20.0 Å². The number of aryl methyl sites for hydroxylation is 2. The van der Waals surface area contributed by atoms with Crippen molar-refractivity contribution in [2.45, 2.75) is 60.0 Å². The lowest BCUT2D eigenvalue weighted by molar-refractivity contribution is -0.139. The number of nitrogens with one attached hydrogen (secondary N) is 1. The van der Waals surface area contributed by atoms with Crippen LogP contribution in [0.1, 0.15) is 56.8 Å². The van der Waals surface area contributed by atoms with Gasteiger partial charge in [0.15, 0.2) is 0 Å². The molecule has 0 radical (unpaired) electrons. The monoisotopic (exact) mass is 484 g/mol. The second kappa shape index (κ2) is 11.2. The number of carbonyl (C=O) groups excluding carboxylic acids is 3. The molecule has 0 spiro atoms. The summed E-state index contributed by atoms with van der Waals surface area (Å²) in [5, 5.41) is 3.01. The zero-order valence-corrected chi connectivity index (χ0v) is 22.2. The van der Waals surface area contributed by atoms with Gasteiger partial charge in [0.25, 0.3) is 0 Å². The van der Waals surface area contributed by atoms with Crippen molar-refractivity contribution in [1.29, 1.82) is 0 Å². The maximum atomic E-state index is 13.3. The molecule has 1 aromatic carbocycles. The SMILES string of the molecule is CCOC(=O)C1=C(CN2CCN(C(=O)CC(C)C)C(C)C2)N(C)C(=O)NC1c1cc(C)ccc1C. The summed E-state index contributed by atoms with van der Waals surface area (Å²) in [4.78, 5) is 44.6.